The van der Waals surface area contributed by atoms with E-state index in [0.29, 0.717) is 5.92 Å². The second-order valence-electron chi connectivity index (χ2n) is 3.58. The summed E-state index contributed by atoms with van der Waals surface area (Å²) in [5, 5.41) is 3.29. The van der Waals surface area contributed by atoms with Crippen molar-refractivity contribution in [3.8, 4) is 0 Å². The molecule has 0 aromatic rings. The molecule has 0 saturated carbocycles. The molecule has 0 spiro atoms. The maximum Gasteiger partial charge on any atom is 0.0217 e. The van der Waals surface area contributed by atoms with Crippen LogP contribution in [-0.4, -0.2) is 6.54 Å². The highest BCUT2D eigenvalue weighted by Crippen LogP contribution is 2.25. The number of rotatable bonds is 4. The van der Waals surface area contributed by atoms with E-state index in [1.165, 1.54) is 11.3 Å². The standard InChI is InChI=1S/C12H20N2/c1-3-4-5-6-12-10(2)11(7-8-13)9-14-12/h4-6,9-10,14H,3,7-8,13H2,1-2H3/b5-4-,12-6+. The molecule has 2 heteroatoms. The predicted octanol–water partition coefficient (Wildman–Crippen LogP) is 2.31. The van der Waals surface area contributed by atoms with Crippen LogP contribution >= 0.6 is 0 Å². The summed E-state index contributed by atoms with van der Waals surface area (Å²) in [6.45, 7) is 5.08. The molecule has 2 nitrogen and oxygen atoms in total. The number of hydrogen-bond donors (Lipinski definition) is 2. The van der Waals surface area contributed by atoms with Crippen molar-refractivity contribution in [3.05, 3.63) is 35.7 Å². The van der Waals surface area contributed by atoms with Crippen molar-refractivity contribution in [1.29, 1.82) is 0 Å². The molecule has 1 atom stereocenters. The van der Waals surface area contributed by atoms with Crippen LogP contribution in [0.2, 0.25) is 0 Å². The van der Waals surface area contributed by atoms with Gasteiger partial charge in [-0.25, -0.2) is 0 Å². The van der Waals surface area contributed by atoms with Gasteiger partial charge >= 0.3 is 0 Å². The molecule has 1 aliphatic rings. The molecule has 0 saturated heterocycles. The molecule has 0 aliphatic carbocycles. The van der Waals surface area contributed by atoms with E-state index >= 15 is 0 Å². The fourth-order valence-corrected chi connectivity index (χ4v) is 1.58. The minimum Gasteiger partial charge on any atom is -0.365 e. The second-order valence-corrected chi connectivity index (χ2v) is 3.58. The fraction of sp³-hybridized carbons (Fsp3) is 0.500. The Kier molecular flexibility index (Phi) is 4.47. The van der Waals surface area contributed by atoms with Crippen LogP contribution in [0.15, 0.2) is 35.7 Å². The maximum atomic E-state index is 5.54. The predicted molar refractivity (Wildman–Crippen MR) is 61.6 cm³/mol. The number of hydrogen-bond acceptors (Lipinski definition) is 2. The highest BCUT2D eigenvalue weighted by molar-refractivity contribution is 5.29. The maximum absolute atomic E-state index is 5.54. The third-order valence-corrected chi connectivity index (χ3v) is 2.53. The SMILES string of the molecule is CC/C=C\C=C1\NC=C(CCN)C1C. The zero-order valence-electron chi connectivity index (χ0n) is 9.09. The summed E-state index contributed by atoms with van der Waals surface area (Å²) in [4.78, 5) is 0. The number of nitrogens with two attached hydrogens (primary N) is 1. The summed E-state index contributed by atoms with van der Waals surface area (Å²) in [6.07, 6.45) is 10.6. The van der Waals surface area contributed by atoms with Crippen molar-refractivity contribution < 1.29 is 0 Å². The molecule has 0 amide bonds. The van der Waals surface area contributed by atoms with Crippen molar-refractivity contribution in [2.75, 3.05) is 6.54 Å². The summed E-state index contributed by atoms with van der Waals surface area (Å²) in [5.74, 6) is 0.500. The summed E-state index contributed by atoms with van der Waals surface area (Å²) >= 11 is 0. The Bertz CT molecular complexity index is 261. The molecule has 1 aliphatic heterocycles. The molecule has 0 aromatic heterocycles. The first-order chi connectivity index (χ1) is 6.79. The lowest BCUT2D eigenvalue weighted by atomic mass is 9.98. The molecule has 0 bridgehead atoms. The Labute approximate surface area is 86.6 Å². The summed E-state index contributed by atoms with van der Waals surface area (Å²) < 4.78 is 0. The van der Waals surface area contributed by atoms with Gasteiger partial charge in [0.25, 0.3) is 0 Å². The molecule has 1 unspecified atom stereocenters. The van der Waals surface area contributed by atoms with Crippen molar-refractivity contribution in [3.63, 3.8) is 0 Å². The zero-order chi connectivity index (χ0) is 10.4. The van der Waals surface area contributed by atoms with Crippen LogP contribution in [0.4, 0.5) is 0 Å². The third-order valence-electron chi connectivity index (χ3n) is 2.53. The van der Waals surface area contributed by atoms with E-state index in [1.54, 1.807) is 0 Å². The van der Waals surface area contributed by atoms with Gasteiger partial charge in [0, 0.05) is 17.8 Å². The van der Waals surface area contributed by atoms with Gasteiger partial charge in [0.15, 0.2) is 0 Å². The van der Waals surface area contributed by atoms with Crippen LogP contribution in [0, 0.1) is 5.92 Å². The lowest BCUT2D eigenvalue weighted by Crippen LogP contribution is -2.06. The molecule has 1 rings (SSSR count). The van der Waals surface area contributed by atoms with E-state index in [9.17, 15) is 0 Å². The molecule has 14 heavy (non-hydrogen) atoms. The first kappa shape index (κ1) is 11.1. The van der Waals surface area contributed by atoms with Crippen LogP contribution < -0.4 is 11.1 Å². The molecule has 0 radical (unpaired) electrons. The van der Waals surface area contributed by atoms with E-state index in [0.717, 1.165) is 19.4 Å². The largest absolute Gasteiger partial charge is 0.365 e. The molecular formula is C12H20N2. The van der Waals surface area contributed by atoms with E-state index < -0.39 is 0 Å². The van der Waals surface area contributed by atoms with Crippen LogP contribution in [0.25, 0.3) is 0 Å². The Balaban J connectivity index is 2.54. The minimum atomic E-state index is 0.500. The third kappa shape index (κ3) is 2.74. The van der Waals surface area contributed by atoms with Crippen LogP contribution in [0.3, 0.4) is 0 Å². The Morgan fingerprint density at radius 3 is 3.00 bits per heavy atom. The Morgan fingerprint density at radius 2 is 2.36 bits per heavy atom. The number of nitrogens with one attached hydrogen (secondary N) is 1. The zero-order valence-corrected chi connectivity index (χ0v) is 9.09. The van der Waals surface area contributed by atoms with Gasteiger partial charge < -0.3 is 11.1 Å². The molecule has 0 aromatic carbocycles. The van der Waals surface area contributed by atoms with E-state index in [1.807, 2.05) is 0 Å². The first-order valence-electron chi connectivity index (χ1n) is 5.31. The van der Waals surface area contributed by atoms with Gasteiger partial charge in [0.05, 0.1) is 0 Å². The van der Waals surface area contributed by atoms with Gasteiger partial charge in [-0.3, -0.25) is 0 Å². The molecular weight excluding hydrogens is 172 g/mol. The van der Waals surface area contributed by atoms with Gasteiger partial charge in [-0.1, -0.05) is 26.0 Å². The lowest BCUT2D eigenvalue weighted by Gasteiger charge is -2.08. The van der Waals surface area contributed by atoms with E-state index in [-0.39, 0.29) is 0 Å². The Hall–Kier alpha value is -1.02. The smallest absolute Gasteiger partial charge is 0.0217 e. The van der Waals surface area contributed by atoms with Crippen molar-refractivity contribution in [2.45, 2.75) is 26.7 Å². The van der Waals surface area contributed by atoms with Crippen LogP contribution in [0.5, 0.6) is 0 Å². The van der Waals surface area contributed by atoms with Crippen LogP contribution in [0.1, 0.15) is 26.7 Å². The van der Waals surface area contributed by atoms with Gasteiger partial charge in [-0.05, 0) is 31.0 Å². The quantitative estimate of drug-likeness (QED) is 0.717. The molecule has 0 fully saturated rings. The number of allylic oxidation sites excluding steroid dienone is 4. The fourth-order valence-electron chi connectivity index (χ4n) is 1.58. The van der Waals surface area contributed by atoms with Gasteiger partial charge in [0.2, 0.25) is 0 Å². The summed E-state index contributed by atoms with van der Waals surface area (Å²) in [5.41, 5.74) is 8.22. The van der Waals surface area contributed by atoms with E-state index in [2.05, 4.69) is 43.6 Å². The average Bonchev–Trinajstić information content (AvgIpc) is 2.51. The monoisotopic (exact) mass is 192 g/mol. The normalized spacial score (nSPS) is 24.4. The van der Waals surface area contributed by atoms with Crippen molar-refractivity contribution >= 4 is 0 Å². The average molecular weight is 192 g/mol. The first-order valence-corrected chi connectivity index (χ1v) is 5.31. The molecule has 1 heterocycles. The topological polar surface area (TPSA) is 38.0 Å². The van der Waals surface area contributed by atoms with E-state index in [4.69, 9.17) is 5.73 Å². The Morgan fingerprint density at radius 1 is 1.57 bits per heavy atom. The van der Waals surface area contributed by atoms with Gasteiger partial charge in [-0.2, -0.15) is 0 Å². The summed E-state index contributed by atoms with van der Waals surface area (Å²) in [6, 6.07) is 0. The molecule has 78 valence electrons. The van der Waals surface area contributed by atoms with Crippen molar-refractivity contribution in [1.82, 2.24) is 5.32 Å². The molecule has 3 N–H and O–H groups in total. The lowest BCUT2D eigenvalue weighted by molar-refractivity contribution is 0.753. The van der Waals surface area contributed by atoms with Gasteiger partial charge in [0.1, 0.15) is 0 Å². The highest BCUT2D eigenvalue weighted by atomic mass is 14.9. The van der Waals surface area contributed by atoms with Gasteiger partial charge in [-0.15, -0.1) is 0 Å². The minimum absolute atomic E-state index is 0.500. The highest BCUT2D eigenvalue weighted by Gasteiger charge is 2.17. The van der Waals surface area contributed by atoms with Crippen LogP contribution in [-0.2, 0) is 0 Å². The second kappa shape index (κ2) is 5.66. The summed E-state index contributed by atoms with van der Waals surface area (Å²) in [7, 11) is 0. The van der Waals surface area contributed by atoms with Crippen molar-refractivity contribution in [2.24, 2.45) is 11.7 Å².